The first-order valence-corrected chi connectivity index (χ1v) is 10.9. The molecule has 0 aliphatic carbocycles. The van der Waals surface area contributed by atoms with Crippen LogP contribution in [-0.4, -0.2) is 44.3 Å². The summed E-state index contributed by atoms with van der Waals surface area (Å²) in [5, 5.41) is 24.5. The topological polar surface area (TPSA) is 151 Å². The minimum atomic E-state index is -0.736. The maximum atomic E-state index is 9.44. The number of nitriles is 1. The fraction of sp³-hybridized carbons (Fsp3) is 0.250. The average molecular weight is 454 g/mol. The van der Waals surface area contributed by atoms with Crippen LogP contribution in [-0.2, 0) is 5.41 Å². The van der Waals surface area contributed by atoms with Gasteiger partial charge in [-0.1, -0.05) is 6.07 Å². The van der Waals surface area contributed by atoms with Gasteiger partial charge in [0, 0.05) is 36.1 Å². The van der Waals surface area contributed by atoms with Crippen molar-refractivity contribution in [2.45, 2.75) is 25.3 Å². The molecule has 0 radical (unpaired) electrons. The molecule has 0 spiro atoms. The van der Waals surface area contributed by atoms with Gasteiger partial charge in [0.2, 0.25) is 5.89 Å². The lowest BCUT2D eigenvalue weighted by Crippen LogP contribution is -2.51. The third-order valence-corrected chi connectivity index (χ3v) is 5.67. The third kappa shape index (κ3) is 4.16. The lowest BCUT2D eigenvalue weighted by Gasteiger charge is -2.29. The van der Waals surface area contributed by atoms with E-state index in [0.29, 0.717) is 29.0 Å². The highest BCUT2D eigenvalue weighted by Gasteiger charge is 2.23. The van der Waals surface area contributed by atoms with Crippen LogP contribution >= 0.6 is 0 Å². The molecule has 0 atom stereocenters. The Morgan fingerprint density at radius 3 is 2.71 bits per heavy atom. The second-order valence-corrected chi connectivity index (χ2v) is 8.65. The summed E-state index contributed by atoms with van der Waals surface area (Å²) in [6, 6.07) is 14.1. The van der Waals surface area contributed by atoms with E-state index < -0.39 is 5.41 Å². The zero-order valence-corrected chi connectivity index (χ0v) is 18.8. The van der Waals surface area contributed by atoms with Gasteiger partial charge in [0.15, 0.2) is 11.5 Å². The quantitative estimate of drug-likeness (QED) is 0.397. The first kappa shape index (κ1) is 21.5. The molecule has 170 valence electrons. The number of pyridine rings is 1. The molecule has 1 saturated heterocycles. The number of hydrogen-bond acceptors (Lipinski definition) is 10. The molecule has 0 saturated carbocycles. The first-order valence-electron chi connectivity index (χ1n) is 10.9. The molecule has 0 amide bonds. The van der Waals surface area contributed by atoms with Crippen LogP contribution in [0.3, 0.4) is 0 Å². The molecule has 4 N–H and O–H groups in total. The smallest absolute Gasteiger partial charge is 0.270 e. The average Bonchev–Trinajstić information content (AvgIpc) is 3.32. The van der Waals surface area contributed by atoms with Crippen molar-refractivity contribution in [2.75, 3.05) is 24.1 Å². The van der Waals surface area contributed by atoms with Gasteiger partial charge in [-0.25, -0.2) is 9.97 Å². The third-order valence-electron chi connectivity index (χ3n) is 5.67. The van der Waals surface area contributed by atoms with Gasteiger partial charge in [-0.05, 0) is 44.2 Å². The summed E-state index contributed by atoms with van der Waals surface area (Å²) in [6.07, 6.45) is 3.21. The number of nitrogens with two attached hydrogens (primary N) is 1. The van der Waals surface area contributed by atoms with Crippen molar-refractivity contribution in [3.63, 3.8) is 0 Å². The molecule has 34 heavy (non-hydrogen) atoms. The molecule has 1 aliphatic rings. The summed E-state index contributed by atoms with van der Waals surface area (Å²) in [6.45, 7) is 5.51. The largest absolute Gasteiger partial charge is 0.414 e. The van der Waals surface area contributed by atoms with Gasteiger partial charge in [-0.2, -0.15) is 5.26 Å². The van der Waals surface area contributed by atoms with Gasteiger partial charge in [0.05, 0.1) is 35.1 Å². The molecule has 4 aromatic rings. The fourth-order valence-corrected chi connectivity index (χ4v) is 3.49. The lowest BCUT2D eigenvalue weighted by molar-refractivity contribution is 0.472. The Kier molecular flexibility index (Phi) is 5.39. The Morgan fingerprint density at radius 1 is 1.12 bits per heavy atom. The summed E-state index contributed by atoms with van der Waals surface area (Å²) in [7, 11) is 0. The lowest BCUT2D eigenvalue weighted by atomic mass is 9.90. The summed E-state index contributed by atoms with van der Waals surface area (Å²) >= 11 is 0. The number of nitrogens with zero attached hydrogens (tertiary/aromatic N) is 6. The van der Waals surface area contributed by atoms with Crippen molar-refractivity contribution in [1.82, 2.24) is 30.5 Å². The zero-order chi connectivity index (χ0) is 23.7. The van der Waals surface area contributed by atoms with Crippen molar-refractivity contribution >= 4 is 11.5 Å². The Balaban J connectivity index is 1.45. The molecule has 0 bridgehead atoms. The van der Waals surface area contributed by atoms with Crippen LogP contribution in [0.2, 0.25) is 0 Å². The highest BCUT2D eigenvalue weighted by molar-refractivity contribution is 5.69. The number of benzene rings is 1. The molecular formula is C24H23N9O. The van der Waals surface area contributed by atoms with Crippen molar-refractivity contribution < 1.29 is 4.42 Å². The summed E-state index contributed by atoms with van der Waals surface area (Å²) < 4.78 is 5.92. The molecule has 1 aromatic carbocycles. The molecular weight excluding hydrogens is 430 g/mol. The maximum absolute atomic E-state index is 9.44. The number of nitrogen functional groups attached to an aromatic ring is 1. The Bertz CT molecular complexity index is 1390. The molecule has 5 rings (SSSR count). The van der Waals surface area contributed by atoms with Crippen LogP contribution in [0.25, 0.3) is 34.3 Å². The number of aromatic nitrogens is 5. The molecule has 1 fully saturated rings. The number of nitrogens with one attached hydrogen (secondary N) is 2. The predicted molar refractivity (Wildman–Crippen MR) is 127 cm³/mol. The molecule has 3 aromatic heterocycles. The van der Waals surface area contributed by atoms with Crippen LogP contribution in [0.4, 0.5) is 11.5 Å². The van der Waals surface area contributed by atoms with Gasteiger partial charge in [-0.3, -0.25) is 4.98 Å². The van der Waals surface area contributed by atoms with Gasteiger partial charge in [0.25, 0.3) is 5.89 Å². The Hall–Kier alpha value is -4.36. The second-order valence-electron chi connectivity index (χ2n) is 8.65. The normalized spacial score (nSPS) is 13.8. The molecule has 4 heterocycles. The number of hydrogen-bond donors (Lipinski definition) is 3. The fourth-order valence-electron chi connectivity index (χ4n) is 3.49. The van der Waals surface area contributed by atoms with E-state index >= 15 is 0 Å². The van der Waals surface area contributed by atoms with Crippen LogP contribution in [0.1, 0.15) is 19.5 Å². The standard InChI is InChI=1S/C24H23N9O/c1-24(2,13-25)19-9-14(6-7-28-19)18-12-29-21(26)20(31-18)23-33-32-22(34-23)15-4-3-5-16(8-15)30-17-10-27-11-17/h3-9,12,17,27,30H,10-11H2,1-2H3,(H2,26,29). The SMILES string of the molecule is CC(C)(C#N)c1cc(-c2cnc(N)c(-c3nnc(-c4cccc(NC5CNC5)c4)o3)n2)ccn1. The minimum absolute atomic E-state index is 0.176. The molecule has 1 aliphatic heterocycles. The Labute approximate surface area is 196 Å². The van der Waals surface area contributed by atoms with Crippen LogP contribution in [0.15, 0.2) is 53.2 Å². The Morgan fingerprint density at radius 2 is 1.94 bits per heavy atom. The van der Waals surface area contributed by atoms with E-state index in [4.69, 9.17) is 10.2 Å². The van der Waals surface area contributed by atoms with E-state index in [0.717, 1.165) is 29.9 Å². The van der Waals surface area contributed by atoms with E-state index in [9.17, 15) is 5.26 Å². The highest BCUT2D eigenvalue weighted by atomic mass is 16.4. The van der Waals surface area contributed by atoms with E-state index in [-0.39, 0.29) is 11.7 Å². The van der Waals surface area contributed by atoms with E-state index in [2.05, 4.69) is 41.9 Å². The summed E-state index contributed by atoms with van der Waals surface area (Å²) in [5.74, 6) is 0.715. The van der Waals surface area contributed by atoms with Gasteiger partial charge in [0.1, 0.15) is 0 Å². The predicted octanol–water partition coefficient (Wildman–Crippen LogP) is 3.02. The molecule has 0 unspecified atom stereocenters. The zero-order valence-electron chi connectivity index (χ0n) is 18.8. The number of anilines is 2. The van der Waals surface area contributed by atoms with E-state index in [1.165, 1.54) is 0 Å². The van der Waals surface area contributed by atoms with Crippen LogP contribution in [0.5, 0.6) is 0 Å². The first-order chi connectivity index (χ1) is 16.4. The van der Waals surface area contributed by atoms with E-state index in [1.54, 1.807) is 18.5 Å². The highest BCUT2D eigenvalue weighted by Crippen LogP contribution is 2.30. The van der Waals surface area contributed by atoms with Crippen LogP contribution < -0.4 is 16.4 Å². The second kappa shape index (κ2) is 8.53. The molecule has 10 nitrogen and oxygen atoms in total. The maximum Gasteiger partial charge on any atom is 0.270 e. The van der Waals surface area contributed by atoms with Crippen molar-refractivity contribution in [3.8, 4) is 40.4 Å². The minimum Gasteiger partial charge on any atom is -0.414 e. The monoisotopic (exact) mass is 453 g/mol. The van der Waals surface area contributed by atoms with E-state index in [1.807, 2.05) is 44.2 Å². The van der Waals surface area contributed by atoms with Crippen LogP contribution in [0, 0.1) is 11.3 Å². The van der Waals surface area contributed by atoms with Crippen molar-refractivity contribution in [3.05, 3.63) is 54.5 Å². The number of rotatable bonds is 6. The van der Waals surface area contributed by atoms with Crippen molar-refractivity contribution in [1.29, 1.82) is 5.26 Å². The van der Waals surface area contributed by atoms with Gasteiger partial charge in [-0.15, -0.1) is 10.2 Å². The summed E-state index contributed by atoms with van der Waals surface area (Å²) in [5.41, 5.74) is 9.38. The van der Waals surface area contributed by atoms with Gasteiger partial charge >= 0.3 is 0 Å². The summed E-state index contributed by atoms with van der Waals surface area (Å²) in [4.78, 5) is 13.2. The molecule has 10 heteroatoms. The van der Waals surface area contributed by atoms with Crippen molar-refractivity contribution in [2.24, 2.45) is 0 Å². The van der Waals surface area contributed by atoms with Gasteiger partial charge < -0.3 is 20.8 Å².